The topological polar surface area (TPSA) is 66.3 Å². The summed E-state index contributed by atoms with van der Waals surface area (Å²) in [6, 6.07) is 9.95. The van der Waals surface area contributed by atoms with Crippen LogP contribution in [0.4, 0.5) is 4.79 Å². The number of nitrogens with one attached hydrogen (secondary N) is 1. The number of aromatic nitrogens is 3. The lowest BCUT2D eigenvalue weighted by Crippen LogP contribution is -2.45. The molecule has 0 aliphatic carbocycles. The number of likely N-dealkylation sites (N-methyl/N-ethyl adjacent to an activating group) is 1. The number of nitrogens with zero attached hydrogens (tertiary/aromatic N) is 5. The van der Waals surface area contributed by atoms with Gasteiger partial charge in [-0.05, 0) is 33.0 Å². The maximum absolute atomic E-state index is 12.7. The van der Waals surface area contributed by atoms with Crippen molar-refractivity contribution in [1.29, 1.82) is 0 Å². The van der Waals surface area contributed by atoms with Crippen LogP contribution >= 0.6 is 0 Å². The van der Waals surface area contributed by atoms with Crippen LogP contribution in [-0.2, 0) is 13.5 Å². The third kappa shape index (κ3) is 5.86. The molecule has 2 rings (SSSR count). The lowest BCUT2D eigenvalue weighted by molar-refractivity contribution is 0.188. The van der Waals surface area contributed by atoms with Crippen LogP contribution in [0.25, 0.3) is 0 Å². The van der Waals surface area contributed by atoms with Crippen LogP contribution in [0.5, 0.6) is 0 Å². The molecule has 0 aliphatic rings. The molecule has 7 nitrogen and oxygen atoms in total. The van der Waals surface area contributed by atoms with Crippen molar-refractivity contribution in [3.8, 4) is 0 Å². The molecule has 0 spiro atoms. The Morgan fingerprint density at radius 1 is 1.20 bits per heavy atom. The Hall–Kier alpha value is -2.41. The Balaban J connectivity index is 1.97. The second kappa shape index (κ2) is 9.17. The van der Waals surface area contributed by atoms with E-state index >= 15 is 0 Å². The molecule has 1 atom stereocenters. The first-order valence-corrected chi connectivity index (χ1v) is 8.55. The molecule has 0 saturated heterocycles. The van der Waals surface area contributed by atoms with E-state index in [-0.39, 0.29) is 12.1 Å². The summed E-state index contributed by atoms with van der Waals surface area (Å²) in [6.07, 6.45) is 2.47. The maximum atomic E-state index is 12.7. The molecule has 1 unspecified atom stereocenters. The number of aryl methyl sites for hydroxylation is 1. The Kier molecular flexibility index (Phi) is 6.94. The van der Waals surface area contributed by atoms with Crippen molar-refractivity contribution >= 4 is 6.03 Å². The number of amides is 2. The number of benzene rings is 1. The van der Waals surface area contributed by atoms with Crippen molar-refractivity contribution in [3.05, 3.63) is 48.0 Å². The van der Waals surface area contributed by atoms with E-state index in [1.807, 2.05) is 55.7 Å². The van der Waals surface area contributed by atoms with Gasteiger partial charge >= 0.3 is 6.03 Å². The average molecular weight is 344 g/mol. The maximum Gasteiger partial charge on any atom is 0.318 e. The van der Waals surface area contributed by atoms with Gasteiger partial charge in [0.1, 0.15) is 6.33 Å². The number of rotatable bonds is 8. The van der Waals surface area contributed by atoms with E-state index in [1.165, 1.54) is 5.56 Å². The standard InChI is InChI=1S/C18H28N6O/c1-15(17-21-19-14-23(17)4)20-18(25)24(13-12-22(2)3)11-10-16-8-6-5-7-9-16/h5-9,14-15H,10-13H2,1-4H3,(H,20,25). The van der Waals surface area contributed by atoms with E-state index < -0.39 is 0 Å². The number of carbonyl (C=O) groups is 1. The van der Waals surface area contributed by atoms with E-state index in [0.29, 0.717) is 13.1 Å². The summed E-state index contributed by atoms with van der Waals surface area (Å²) in [5.41, 5.74) is 1.23. The smallest absolute Gasteiger partial charge is 0.318 e. The second-order valence-electron chi connectivity index (χ2n) is 6.50. The molecule has 25 heavy (non-hydrogen) atoms. The average Bonchev–Trinajstić information content (AvgIpc) is 3.01. The number of hydrogen-bond acceptors (Lipinski definition) is 4. The summed E-state index contributed by atoms with van der Waals surface area (Å²) in [5.74, 6) is 0.740. The first-order chi connectivity index (χ1) is 12.0. The molecule has 0 radical (unpaired) electrons. The number of hydrogen-bond donors (Lipinski definition) is 1. The Morgan fingerprint density at radius 2 is 1.92 bits per heavy atom. The van der Waals surface area contributed by atoms with Crippen molar-refractivity contribution < 1.29 is 4.79 Å². The molecule has 2 aromatic rings. The summed E-state index contributed by atoms with van der Waals surface area (Å²) < 4.78 is 1.82. The van der Waals surface area contributed by atoms with Crippen molar-refractivity contribution in [1.82, 2.24) is 29.9 Å². The van der Waals surface area contributed by atoms with Gasteiger partial charge < -0.3 is 19.7 Å². The zero-order valence-corrected chi connectivity index (χ0v) is 15.5. The van der Waals surface area contributed by atoms with Gasteiger partial charge in [-0.3, -0.25) is 0 Å². The van der Waals surface area contributed by atoms with Crippen LogP contribution in [0, 0.1) is 0 Å². The van der Waals surface area contributed by atoms with Crippen LogP contribution in [0.15, 0.2) is 36.7 Å². The highest BCUT2D eigenvalue weighted by atomic mass is 16.2. The first kappa shape index (κ1) is 18.9. The first-order valence-electron chi connectivity index (χ1n) is 8.55. The third-order valence-electron chi connectivity index (χ3n) is 4.09. The van der Waals surface area contributed by atoms with Gasteiger partial charge in [-0.1, -0.05) is 30.3 Å². The van der Waals surface area contributed by atoms with E-state index in [2.05, 4.69) is 32.5 Å². The van der Waals surface area contributed by atoms with E-state index in [1.54, 1.807) is 6.33 Å². The quantitative estimate of drug-likeness (QED) is 0.791. The summed E-state index contributed by atoms with van der Waals surface area (Å²) in [6.45, 7) is 4.09. The van der Waals surface area contributed by atoms with Gasteiger partial charge in [0.15, 0.2) is 5.82 Å². The fourth-order valence-corrected chi connectivity index (χ4v) is 2.57. The van der Waals surface area contributed by atoms with Crippen LogP contribution in [0.1, 0.15) is 24.4 Å². The SMILES string of the molecule is CC(NC(=O)N(CCc1ccccc1)CCN(C)C)c1nncn1C. The summed E-state index contributed by atoms with van der Waals surface area (Å²) >= 11 is 0. The molecule has 1 aromatic heterocycles. The highest BCUT2D eigenvalue weighted by Gasteiger charge is 2.19. The van der Waals surface area contributed by atoms with E-state index in [9.17, 15) is 4.79 Å². The van der Waals surface area contributed by atoms with Crippen molar-refractivity contribution in [3.63, 3.8) is 0 Å². The fourth-order valence-electron chi connectivity index (χ4n) is 2.57. The van der Waals surface area contributed by atoms with E-state index in [4.69, 9.17) is 0 Å². The van der Waals surface area contributed by atoms with Gasteiger partial charge in [-0.2, -0.15) is 0 Å². The van der Waals surface area contributed by atoms with Crippen molar-refractivity contribution in [2.24, 2.45) is 7.05 Å². The molecule has 136 valence electrons. The van der Waals surface area contributed by atoms with Gasteiger partial charge in [-0.15, -0.1) is 10.2 Å². The van der Waals surface area contributed by atoms with Gasteiger partial charge in [-0.25, -0.2) is 4.79 Å². The predicted octanol–water partition coefficient (Wildman–Crippen LogP) is 1.69. The molecular weight excluding hydrogens is 316 g/mol. The predicted molar refractivity (Wildman–Crippen MR) is 98.2 cm³/mol. The Morgan fingerprint density at radius 3 is 2.52 bits per heavy atom. The normalized spacial score (nSPS) is 12.2. The zero-order chi connectivity index (χ0) is 18.2. The molecule has 1 N–H and O–H groups in total. The molecule has 0 aliphatic heterocycles. The van der Waals surface area contributed by atoms with Crippen molar-refractivity contribution in [2.45, 2.75) is 19.4 Å². The van der Waals surface area contributed by atoms with Crippen LogP contribution in [-0.4, -0.2) is 64.3 Å². The number of urea groups is 1. The molecule has 1 heterocycles. The van der Waals surface area contributed by atoms with Gasteiger partial charge in [0.2, 0.25) is 0 Å². The minimum absolute atomic E-state index is 0.0757. The molecule has 1 aromatic carbocycles. The zero-order valence-electron chi connectivity index (χ0n) is 15.5. The van der Waals surface area contributed by atoms with Gasteiger partial charge in [0.25, 0.3) is 0 Å². The molecule has 0 saturated carbocycles. The largest absolute Gasteiger partial charge is 0.328 e. The van der Waals surface area contributed by atoms with Crippen LogP contribution in [0.3, 0.4) is 0 Å². The summed E-state index contributed by atoms with van der Waals surface area (Å²) in [5, 5.41) is 11.0. The molecule has 2 amide bonds. The van der Waals surface area contributed by atoms with E-state index in [0.717, 1.165) is 18.8 Å². The number of carbonyl (C=O) groups excluding carboxylic acids is 1. The van der Waals surface area contributed by atoms with Gasteiger partial charge in [0, 0.05) is 26.7 Å². The highest BCUT2D eigenvalue weighted by molar-refractivity contribution is 5.74. The summed E-state index contributed by atoms with van der Waals surface area (Å²) in [4.78, 5) is 16.7. The lowest BCUT2D eigenvalue weighted by Gasteiger charge is -2.26. The Labute approximate surface area is 149 Å². The third-order valence-corrected chi connectivity index (χ3v) is 4.09. The molecule has 0 fully saturated rings. The van der Waals surface area contributed by atoms with Crippen LogP contribution < -0.4 is 5.32 Å². The Bertz CT molecular complexity index is 655. The van der Waals surface area contributed by atoms with Gasteiger partial charge in [0.05, 0.1) is 6.04 Å². The molecular formula is C18H28N6O. The second-order valence-corrected chi connectivity index (χ2v) is 6.50. The molecule has 0 bridgehead atoms. The minimum Gasteiger partial charge on any atom is -0.328 e. The fraction of sp³-hybridized carbons (Fsp3) is 0.500. The van der Waals surface area contributed by atoms with Crippen LogP contribution in [0.2, 0.25) is 0 Å². The minimum atomic E-state index is -0.196. The molecule has 7 heteroatoms. The van der Waals surface area contributed by atoms with Crippen molar-refractivity contribution in [2.75, 3.05) is 33.7 Å². The summed E-state index contributed by atoms with van der Waals surface area (Å²) in [7, 11) is 5.89. The highest BCUT2D eigenvalue weighted by Crippen LogP contribution is 2.09. The monoisotopic (exact) mass is 344 g/mol. The lowest BCUT2D eigenvalue weighted by atomic mass is 10.1.